The lowest BCUT2D eigenvalue weighted by molar-refractivity contribution is -0.274. The molecular formula is C22H16F6N6O. The van der Waals surface area contributed by atoms with Crippen molar-refractivity contribution in [2.75, 3.05) is 17.3 Å². The Balaban J connectivity index is 1.55. The number of hydrogen-bond acceptors (Lipinski definition) is 6. The van der Waals surface area contributed by atoms with Gasteiger partial charge < -0.3 is 10.1 Å². The molecule has 2 aromatic carbocycles. The monoisotopic (exact) mass is 494 g/mol. The van der Waals surface area contributed by atoms with Crippen LogP contribution in [0.15, 0.2) is 73.3 Å². The molecule has 1 N–H and O–H groups in total. The van der Waals surface area contributed by atoms with Crippen LogP contribution in [0.2, 0.25) is 0 Å². The van der Waals surface area contributed by atoms with Crippen molar-refractivity contribution >= 4 is 23.3 Å². The van der Waals surface area contributed by atoms with Crippen LogP contribution < -0.4 is 15.0 Å². The number of imidazole rings is 1. The molecule has 4 aromatic rings. The Kier molecular flexibility index (Phi) is 6.24. The second-order valence-corrected chi connectivity index (χ2v) is 7.16. The quantitative estimate of drug-likeness (QED) is 0.327. The van der Waals surface area contributed by atoms with Crippen molar-refractivity contribution in [2.45, 2.75) is 12.5 Å². The van der Waals surface area contributed by atoms with Gasteiger partial charge in [-0.3, -0.25) is 9.47 Å². The number of alkyl halides is 6. The molecule has 0 fully saturated rings. The largest absolute Gasteiger partial charge is 0.573 e. The number of benzene rings is 2. The first-order valence-electron chi connectivity index (χ1n) is 9.89. The lowest BCUT2D eigenvalue weighted by Crippen LogP contribution is -2.17. The molecule has 35 heavy (non-hydrogen) atoms. The fourth-order valence-corrected chi connectivity index (χ4v) is 3.17. The van der Waals surface area contributed by atoms with Gasteiger partial charge in [0.25, 0.3) is 0 Å². The van der Waals surface area contributed by atoms with E-state index in [0.717, 1.165) is 24.3 Å². The molecule has 2 heterocycles. The number of nitrogens with one attached hydrogen (secondary N) is 1. The smallest absolute Gasteiger partial charge is 0.406 e. The van der Waals surface area contributed by atoms with Crippen LogP contribution in [-0.4, -0.2) is 32.9 Å². The zero-order chi connectivity index (χ0) is 25.2. The van der Waals surface area contributed by atoms with Gasteiger partial charge in [0.2, 0.25) is 5.95 Å². The van der Waals surface area contributed by atoms with Gasteiger partial charge in [0.1, 0.15) is 23.7 Å². The summed E-state index contributed by atoms with van der Waals surface area (Å²) in [6.07, 6.45) is -5.07. The standard InChI is InChI=1S/C22H16F6N6O/c1-33(20-29-9-10-34(20)16-4-2-3-14(11-16)21(23,24)25)19-12-18(30-13-31-19)32-15-5-7-17(8-6-15)35-22(26,27)28/h2-13H,1H3,(H,30,31,32). The minimum atomic E-state index is -4.79. The van der Waals surface area contributed by atoms with E-state index >= 15 is 0 Å². The van der Waals surface area contributed by atoms with Gasteiger partial charge in [-0.1, -0.05) is 6.07 Å². The van der Waals surface area contributed by atoms with E-state index < -0.39 is 18.1 Å². The zero-order valence-corrected chi connectivity index (χ0v) is 17.8. The Morgan fingerprint density at radius 1 is 0.914 bits per heavy atom. The molecule has 0 aliphatic rings. The molecular weight excluding hydrogens is 478 g/mol. The minimum Gasteiger partial charge on any atom is -0.406 e. The summed E-state index contributed by atoms with van der Waals surface area (Å²) in [5, 5.41) is 2.94. The number of nitrogens with zero attached hydrogens (tertiary/aromatic N) is 5. The third-order valence-electron chi connectivity index (χ3n) is 4.73. The maximum atomic E-state index is 13.1. The Morgan fingerprint density at radius 3 is 2.34 bits per heavy atom. The lowest BCUT2D eigenvalue weighted by atomic mass is 10.2. The number of aromatic nitrogens is 4. The number of hydrogen-bond donors (Lipinski definition) is 1. The molecule has 0 saturated heterocycles. The van der Waals surface area contributed by atoms with Crippen molar-refractivity contribution in [1.82, 2.24) is 19.5 Å². The number of ether oxygens (including phenoxy) is 1. The third-order valence-corrected chi connectivity index (χ3v) is 4.73. The van der Waals surface area contributed by atoms with E-state index in [0.29, 0.717) is 23.3 Å². The predicted octanol–water partition coefficient (Wildman–Crippen LogP) is 6.09. The Morgan fingerprint density at radius 2 is 1.66 bits per heavy atom. The lowest BCUT2D eigenvalue weighted by Gasteiger charge is -2.20. The van der Waals surface area contributed by atoms with Gasteiger partial charge in [-0.25, -0.2) is 15.0 Å². The summed E-state index contributed by atoms with van der Waals surface area (Å²) in [4.78, 5) is 14.0. The highest BCUT2D eigenvalue weighted by atomic mass is 19.4. The van der Waals surface area contributed by atoms with Crippen molar-refractivity contribution in [3.63, 3.8) is 0 Å². The van der Waals surface area contributed by atoms with Crippen molar-refractivity contribution < 1.29 is 31.1 Å². The summed E-state index contributed by atoms with van der Waals surface area (Å²) in [5.74, 6) is 0.609. The highest BCUT2D eigenvalue weighted by Crippen LogP contribution is 2.32. The van der Waals surface area contributed by atoms with E-state index in [4.69, 9.17) is 0 Å². The molecule has 0 aliphatic carbocycles. The summed E-state index contributed by atoms with van der Waals surface area (Å²) in [6, 6.07) is 11.4. The molecule has 0 amide bonds. The molecule has 0 bridgehead atoms. The predicted molar refractivity (Wildman–Crippen MR) is 115 cm³/mol. The highest BCUT2D eigenvalue weighted by molar-refractivity contribution is 5.63. The first-order valence-corrected chi connectivity index (χ1v) is 9.89. The van der Waals surface area contributed by atoms with Crippen LogP contribution >= 0.6 is 0 Å². The SMILES string of the molecule is CN(c1cc(Nc2ccc(OC(F)(F)F)cc2)ncn1)c1nccn1-c1cccc(C(F)(F)F)c1. The third kappa shape index (κ3) is 5.80. The van der Waals surface area contributed by atoms with Crippen molar-refractivity contribution in [3.8, 4) is 11.4 Å². The second kappa shape index (κ2) is 9.16. The van der Waals surface area contributed by atoms with Crippen LogP contribution in [-0.2, 0) is 6.18 Å². The van der Waals surface area contributed by atoms with Gasteiger partial charge in [-0.2, -0.15) is 13.2 Å². The second-order valence-electron chi connectivity index (χ2n) is 7.16. The molecule has 0 radical (unpaired) electrons. The highest BCUT2D eigenvalue weighted by Gasteiger charge is 2.31. The van der Waals surface area contributed by atoms with E-state index in [1.165, 1.54) is 47.6 Å². The summed E-state index contributed by atoms with van der Waals surface area (Å²) >= 11 is 0. The molecule has 0 aliphatic heterocycles. The first kappa shape index (κ1) is 23.9. The van der Waals surface area contributed by atoms with Crippen LogP contribution in [0.3, 0.4) is 0 Å². The van der Waals surface area contributed by atoms with E-state index in [1.54, 1.807) is 18.0 Å². The van der Waals surface area contributed by atoms with Crippen LogP contribution in [0.25, 0.3) is 5.69 Å². The minimum absolute atomic E-state index is 0.257. The van der Waals surface area contributed by atoms with Crippen molar-refractivity contribution in [1.29, 1.82) is 0 Å². The molecule has 0 saturated carbocycles. The Bertz CT molecular complexity index is 1300. The van der Waals surface area contributed by atoms with Crippen LogP contribution in [0, 0.1) is 0 Å². The van der Waals surface area contributed by atoms with Crippen LogP contribution in [0.1, 0.15) is 5.56 Å². The summed E-state index contributed by atoms with van der Waals surface area (Å²) in [6.45, 7) is 0. The molecule has 0 atom stereocenters. The molecule has 2 aromatic heterocycles. The van der Waals surface area contributed by atoms with Gasteiger partial charge in [0.05, 0.1) is 5.56 Å². The summed E-state index contributed by atoms with van der Waals surface area (Å²) < 4.78 is 81.7. The number of anilines is 4. The topological polar surface area (TPSA) is 68.1 Å². The Hall–Kier alpha value is -4.29. The number of rotatable bonds is 6. The van der Waals surface area contributed by atoms with Gasteiger partial charge in [0.15, 0.2) is 0 Å². The first-order chi connectivity index (χ1) is 16.5. The molecule has 0 spiro atoms. The summed E-state index contributed by atoms with van der Waals surface area (Å²) in [7, 11) is 1.63. The van der Waals surface area contributed by atoms with E-state index in [1.807, 2.05) is 0 Å². The maximum Gasteiger partial charge on any atom is 0.573 e. The average Bonchev–Trinajstić information content (AvgIpc) is 3.29. The van der Waals surface area contributed by atoms with E-state index in [2.05, 4.69) is 25.0 Å². The molecule has 182 valence electrons. The van der Waals surface area contributed by atoms with Crippen molar-refractivity contribution in [3.05, 3.63) is 78.9 Å². The molecule has 13 heteroatoms. The summed E-state index contributed by atoms with van der Waals surface area (Å²) in [5.41, 5.74) is -0.0949. The molecule has 4 rings (SSSR count). The van der Waals surface area contributed by atoms with Crippen molar-refractivity contribution in [2.24, 2.45) is 0 Å². The maximum absolute atomic E-state index is 13.1. The molecule has 7 nitrogen and oxygen atoms in total. The van der Waals surface area contributed by atoms with E-state index in [-0.39, 0.29) is 11.4 Å². The fraction of sp³-hybridized carbons (Fsp3) is 0.136. The zero-order valence-electron chi connectivity index (χ0n) is 17.8. The Labute approximate surface area is 194 Å². The average molecular weight is 494 g/mol. The van der Waals surface area contributed by atoms with Gasteiger partial charge in [-0.15, -0.1) is 13.2 Å². The van der Waals surface area contributed by atoms with Gasteiger partial charge >= 0.3 is 12.5 Å². The van der Waals surface area contributed by atoms with Gasteiger partial charge in [-0.05, 0) is 42.5 Å². The van der Waals surface area contributed by atoms with E-state index in [9.17, 15) is 26.3 Å². The van der Waals surface area contributed by atoms with Crippen LogP contribution in [0.5, 0.6) is 5.75 Å². The fourth-order valence-electron chi connectivity index (χ4n) is 3.17. The number of halogens is 6. The normalized spacial score (nSPS) is 11.9. The molecule has 0 unspecified atom stereocenters. The van der Waals surface area contributed by atoms with Crippen LogP contribution in [0.4, 0.5) is 49.6 Å². The van der Waals surface area contributed by atoms with Gasteiger partial charge in [0, 0.05) is 36.9 Å².